The van der Waals surface area contributed by atoms with Gasteiger partial charge in [0.15, 0.2) is 11.2 Å². The molecule has 0 aromatic heterocycles. The second-order valence-corrected chi connectivity index (χ2v) is 10.8. The van der Waals surface area contributed by atoms with E-state index in [0.717, 1.165) is 11.1 Å². The summed E-state index contributed by atoms with van der Waals surface area (Å²) in [5, 5.41) is 22.8. The molecule has 2 amide bonds. The molecule has 2 unspecified atom stereocenters. The molecule has 8 nitrogen and oxygen atoms in total. The van der Waals surface area contributed by atoms with E-state index in [-0.39, 0.29) is 31.5 Å². The Morgan fingerprint density at radius 2 is 1.17 bits per heavy atom. The van der Waals surface area contributed by atoms with Crippen LogP contribution >= 0.6 is 0 Å². The maximum absolute atomic E-state index is 13.5. The lowest BCUT2D eigenvalue weighted by atomic mass is 9.88. The summed E-state index contributed by atoms with van der Waals surface area (Å²) in [5.41, 5.74) is 0.955. The van der Waals surface area contributed by atoms with Crippen LogP contribution in [-0.2, 0) is 43.4 Å². The van der Waals surface area contributed by atoms with Crippen LogP contribution in [0.15, 0.2) is 97.1 Å². The number of amides is 2. The average Bonchev–Trinajstić information content (AvgIpc) is 3.29. The number of esters is 1. The van der Waals surface area contributed by atoms with E-state index >= 15 is 0 Å². The number of hydrogen-bond acceptors (Lipinski definition) is 6. The van der Waals surface area contributed by atoms with Gasteiger partial charge in [0.05, 0.1) is 31.6 Å². The van der Waals surface area contributed by atoms with Gasteiger partial charge in [-0.3, -0.25) is 9.59 Å². The number of methoxy groups -OCH3 is 1. The van der Waals surface area contributed by atoms with Gasteiger partial charge in [-0.05, 0) is 30.2 Å². The first kappa shape index (κ1) is 28.0. The molecule has 0 saturated heterocycles. The fourth-order valence-corrected chi connectivity index (χ4v) is 5.75. The van der Waals surface area contributed by atoms with Gasteiger partial charge in [0.2, 0.25) is 0 Å². The van der Waals surface area contributed by atoms with E-state index < -0.39 is 29.0 Å². The number of carbonyl (C=O) groups is 3. The van der Waals surface area contributed by atoms with Crippen LogP contribution in [-0.4, -0.2) is 35.1 Å². The molecule has 0 aliphatic carbocycles. The van der Waals surface area contributed by atoms with Crippen LogP contribution in [0.3, 0.4) is 0 Å². The van der Waals surface area contributed by atoms with Crippen molar-refractivity contribution in [3.05, 3.63) is 119 Å². The Morgan fingerprint density at radius 1 is 0.756 bits per heavy atom. The Morgan fingerprint density at radius 3 is 1.59 bits per heavy atom. The van der Waals surface area contributed by atoms with Crippen molar-refractivity contribution < 1.29 is 29.3 Å². The Balaban J connectivity index is 1.36. The Labute approximate surface area is 238 Å². The topological polar surface area (TPSA) is 107 Å². The summed E-state index contributed by atoms with van der Waals surface area (Å²) in [6, 6.07) is 21.6. The number of anilines is 2. The molecule has 41 heavy (non-hydrogen) atoms. The van der Waals surface area contributed by atoms with Gasteiger partial charge in [0.25, 0.3) is 11.8 Å². The first-order valence-corrected chi connectivity index (χ1v) is 13.3. The molecule has 0 bridgehead atoms. The third kappa shape index (κ3) is 4.75. The summed E-state index contributed by atoms with van der Waals surface area (Å²) in [6.07, 6.45) is -0.142. The van der Waals surface area contributed by atoms with Gasteiger partial charge >= 0.3 is 5.97 Å². The van der Waals surface area contributed by atoms with Gasteiger partial charge in [-0.25, -0.2) is 4.79 Å². The van der Waals surface area contributed by atoms with Crippen molar-refractivity contribution >= 4 is 29.2 Å². The number of aliphatic hydroxyl groups is 2. The Hall–Kier alpha value is -4.53. The highest BCUT2D eigenvalue weighted by molar-refractivity contribution is 6.08. The standard InChI is InChI=1S/C33H32N2O6/c1-21(2)17-32(39)25-9-5-7-11-27(25)34(30(32)37)19-23-13-15-24(16-14-23)20-35-28-12-8-6-10-26(28)33(40,31(35)38)18-22(3)29(36)41-4/h5-16,39-40H,1,3,17-20H2,2,4H3. The summed E-state index contributed by atoms with van der Waals surface area (Å²) in [7, 11) is 1.22. The van der Waals surface area contributed by atoms with Crippen LogP contribution in [0, 0.1) is 0 Å². The van der Waals surface area contributed by atoms with E-state index in [4.69, 9.17) is 4.74 Å². The normalized spacial score (nSPS) is 21.1. The third-order valence-electron chi connectivity index (χ3n) is 7.68. The van der Waals surface area contributed by atoms with Crippen molar-refractivity contribution in [2.45, 2.75) is 44.1 Å². The van der Waals surface area contributed by atoms with Gasteiger partial charge in [-0.15, -0.1) is 6.58 Å². The monoisotopic (exact) mass is 552 g/mol. The summed E-state index contributed by atoms with van der Waals surface area (Å²) in [6.45, 7) is 9.81. The van der Waals surface area contributed by atoms with Crippen molar-refractivity contribution in [3.8, 4) is 0 Å². The largest absolute Gasteiger partial charge is 0.466 e. The maximum atomic E-state index is 13.5. The van der Waals surface area contributed by atoms with Crippen LogP contribution in [0.25, 0.3) is 0 Å². The third-order valence-corrected chi connectivity index (χ3v) is 7.68. The first-order valence-electron chi connectivity index (χ1n) is 13.3. The van der Waals surface area contributed by atoms with E-state index in [2.05, 4.69) is 13.2 Å². The number of hydrogen-bond donors (Lipinski definition) is 2. The molecule has 8 heteroatoms. The number of benzene rings is 3. The molecule has 210 valence electrons. The molecular formula is C33H32N2O6. The van der Waals surface area contributed by atoms with Crippen molar-refractivity contribution in [2.75, 3.05) is 16.9 Å². The summed E-state index contributed by atoms with van der Waals surface area (Å²) >= 11 is 0. The molecule has 2 atom stereocenters. The van der Waals surface area contributed by atoms with Crippen molar-refractivity contribution in [3.63, 3.8) is 0 Å². The maximum Gasteiger partial charge on any atom is 0.333 e. The number of ether oxygens (including phenoxy) is 1. The summed E-state index contributed by atoms with van der Waals surface area (Å²) in [4.78, 5) is 42.0. The van der Waals surface area contributed by atoms with E-state index in [0.29, 0.717) is 28.1 Å². The Kier molecular flexibility index (Phi) is 7.15. The van der Waals surface area contributed by atoms with E-state index in [9.17, 15) is 24.6 Å². The lowest BCUT2D eigenvalue weighted by Crippen LogP contribution is -2.41. The number of carbonyl (C=O) groups excluding carboxylic acids is 3. The molecule has 3 aromatic carbocycles. The smallest absolute Gasteiger partial charge is 0.333 e. The summed E-state index contributed by atoms with van der Waals surface area (Å²) < 4.78 is 4.71. The van der Waals surface area contributed by atoms with Crippen LogP contribution in [0.1, 0.15) is 42.0 Å². The van der Waals surface area contributed by atoms with Crippen LogP contribution < -0.4 is 9.80 Å². The minimum atomic E-state index is -1.94. The highest BCUT2D eigenvalue weighted by Crippen LogP contribution is 2.45. The van der Waals surface area contributed by atoms with Gasteiger partial charge in [-0.1, -0.05) is 72.8 Å². The van der Waals surface area contributed by atoms with Gasteiger partial charge < -0.3 is 24.7 Å². The number of nitrogens with zero attached hydrogens (tertiary/aromatic N) is 2. The second-order valence-electron chi connectivity index (χ2n) is 10.8. The lowest BCUT2D eigenvalue weighted by Gasteiger charge is -2.24. The van der Waals surface area contributed by atoms with Crippen molar-refractivity contribution in [1.82, 2.24) is 0 Å². The van der Waals surface area contributed by atoms with Crippen molar-refractivity contribution in [1.29, 1.82) is 0 Å². The zero-order valence-electron chi connectivity index (χ0n) is 23.1. The van der Waals surface area contributed by atoms with E-state index in [1.54, 1.807) is 48.2 Å². The zero-order valence-corrected chi connectivity index (χ0v) is 23.1. The molecule has 0 radical (unpaired) electrons. The summed E-state index contributed by atoms with van der Waals surface area (Å²) in [5.74, 6) is -1.63. The number of rotatable bonds is 9. The molecule has 5 rings (SSSR count). The predicted octanol–water partition coefficient (Wildman–Crippen LogP) is 4.24. The molecule has 2 heterocycles. The predicted molar refractivity (Wildman–Crippen MR) is 155 cm³/mol. The molecular weight excluding hydrogens is 520 g/mol. The van der Waals surface area contributed by atoms with Gasteiger partial charge in [-0.2, -0.15) is 0 Å². The SMILES string of the molecule is C=C(C)CC1(O)C(=O)N(Cc2ccc(CN3C(=O)C(O)(CC(=C)C(=O)OC)c4ccccc43)cc2)c2ccccc21. The minimum absolute atomic E-state index is 0.00228. The lowest BCUT2D eigenvalue weighted by molar-refractivity contribution is -0.139. The molecule has 2 aliphatic rings. The molecule has 0 spiro atoms. The molecule has 0 fully saturated rings. The molecule has 3 aromatic rings. The average molecular weight is 553 g/mol. The second kappa shape index (κ2) is 10.5. The molecule has 2 aliphatic heterocycles. The van der Waals surface area contributed by atoms with E-state index in [1.165, 1.54) is 12.0 Å². The molecule has 2 N–H and O–H groups in total. The zero-order chi connectivity index (χ0) is 29.5. The van der Waals surface area contributed by atoms with E-state index in [1.807, 2.05) is 36.4 Å². The highest BCUT2D eigenvalue weighted by Gasteiger charge is 2.51. The highest BCUT2D eigenvalue weighted by atomic mass is 16.5. The van der Waals surface area contributed by atoms with Crippen LogP contribution in [0.4, 0.5) is 11.4 Å². The molecule has 0 saturated carbocycles. The quantitative estimate of drug-likeness (QED) is 0.234. The number of fused-ring (bicyclic) bond motifs is 2. The van der Waals surface area contributed by atoms with Crippen molar-refractivity contribution in [2.24, 2.45) is 0 Å². The first-order chi connectivity index (χ1) is 19.5. The van der Waals surface area contributed by atoms with Crippen LogP contribution in [0.5, 0.6) is 0 Å². The fourth-order valence-electron chi connectivity index (χ4n) is 5.75. The van der Waals surface area contributed by atoms with Gasteiger partial charge in [0, 0.05) is 29.5 Å². The fraction of sp³-hybridized carbons (Fsp3) is 0.242. The van der Waals surface area contributed by atoms with Crippen LogP contribution in [0.2, 0.25) is 0 Å². The minimum Gasteiger partial charge on any atom is -0.466 e. The van der Waals surface area contributed by atoms with Gasteiger partial charge in [0.1, 0.15) is 0 Å². The number of para-hydroxylation sites is 2. The Bertz CT molecular complexity index is 1580.